The van der Waals surface area contributed by atoms with Gasteiger partial charge in [0.05, 0.1) is 4.90 Å². The normalized spacial score (nSPS) is 18.5. The third-order valence-electron chi connectivity index (χ3n) is 3.38. The number of rotatable bonds is 4. The van der Waals surface area contributed by atoms with Crippen molar-refractivity contribution >= 4 is 15.9 Å². The Bertz CT molecular complexity index is 635. The second-order valence-electron chi connectivity index (χ2n) is 5.20. The van der Waals surface area contributed by atoms with Crippen molar-refractivity contribution in [1.29, 1.82) is 0 Å². The lowest BCUT2D eigenvalue weighted by Gasteiger charge is -2.27. The summed E-state index contributed by atoms with van der Waals surface area (Å²) in [4.78, 5) is 11.9. The Balaban J connectivity index is 2.27. The van der Waals surface area contributed by atoms with Gasteiger partial charge in [-0.15, -0.1) is 0 Å². The summed E-state index contributed by atoms with van der Waals surface area (Å²) in [5, 5.41) is 0. The summed E-state index contributed by atoms with van der Waals surface area (Å²) in [6.07, 6.45) is 6.68. The van der Waals surface area contributed by atoms with Gasteiger partial charge in [-0.05, 0) is 38.3 Å². The summed E-state index contributed by atoms with van der Waals surface area (Å²) in [7, 11) is -3.88. The highest BCUT2D eigenvalue weighted by atomic mass is 32.2. The third kappa shape index (κ3) is 3.71. The van der Waals surface area contributed by atoms with Gasteiger partial charge >= 0.3 is 0 Å². The summed E-state index contributed by atoms with van der Waals surface area (Å²) in [6.45, 7) is 3.12. The molecule has 0 fully saturated rings. The van der Waals surface area contributed by atoms with E-state index in [1.807, 2.05) is 19.1 Å². The largest absolute Gasteiger partial charge is 0.280 e. The van der Waals surface area contributed by atoms with Crippen LogP contribution in [0.3, 0.4) is 0 Å². The summed E-state index contributed by atoms with van der Waals surface area (Å²) in [6, 6.07) is 6.32. The van der Waals surface area contributed by atoms with E-state index in [-0.39, 0.29) is 10.9 Å². The Hall–Kier alpha value is -1.66. The van der Waals surface area contributed by atoms with Crippen molar-refractivity contribution in [2.24, 2.45) is 0 Å². The molecule has 2 rings (SSSR count). The maximum atomic E-state index is 12.6. The van der Waals surface area contributed by atoms with Crippen molar-refractivity contribution in [3.05, 3.63) is 42.0 Å². The van der Waals surface area contributed by atoms with Crippen LogP contribution in [-0.2, 0) is 14.8 Å². The molecule has 21 heavy (non-hydrogen) atoms. The lowest BCUT2D eigenvalue weighted by molar-refractivity contribution is -0.126. The van der Waals surface area contributed by atoms with Gasteiger partial charge in [0.15, 0.2) is 0 Å². The van der Waals surface area contributed by atoms with Crippen molar-refractivity contribution < 1.29 is 13.2 Å². The molecule has 6 heteroatoms. The van der Waals surface area contributed by atoms with Crippen LogP contribution in [0.5, 0.6) is 0 Å². The van der Waals surface area contributed by atoms with Gasteiger partial charge in [-0.25, -0.2) is 5.43 Å². The first-order chi connectivity index (χ1) is 9.91. The molecule has 1 atom stereocenters. The van der Waals surface area contributed by atoms with E-state index < -0.39 is 15.9 Å². The Kier molecular flexibility index (Phi) is 4.80. The van der Waals surface area contributed by atoms with Crippen molar-refractivity contribution in [3.8, 4) is 0 Å². The van der Waals surface area contributed by atoms with Gasteiger partial charge in [-0.1, -0.05) is 29.8 Å². The zero-order valence-electron chi connectivity index (χ0n) is 12.2. The standard InChI is InChI=1S/C15H20N2O3S/c1-12-8-10-15(11-9-12)21(19,20)17(13(2)18)16-14-6-4-3-5-7-14/h4,6,8-11,14,16H,3,5,7H2,1-2H3. The molecule has 0 bridgehead atoms. The molecule has 5 nitrogen and oxygen atoms in total. The molecule has 114 valence electrons. The molecule has 0 saturated carbocycles. The molecule has 0 spiro atoms. The minimum Gasteiger partial charge on any atom is -0.273 e. The van der Waals surface area contributed by atoms with E-state index in [2.05, 4.69) is 5.43 Å². The number of nitrogens with one attached hydrogen (secondary N) is 1. The minimum absolute atomic E-state index is 0.107. The van der Waals surface area contributed by atoms with E-state index in [0.29, 0.717) is 0 Å². The molecule has 1 aromatic rings. The average Bonchev–Trinajstić information content (AvgIpc) is 2.46. The molecule has 1 amide bonds. The third-order valence-corrected chi connectivity index (χ3v) is 5.09. The first-order valence-corrected chi connectivity index (χ1v) is 8.40. The number of benzene rings is 1. The summed E-state index contributed by atoms with van der Waals surface area (Å²) in [5.74, 6) is -0.547. The monoisotopic (exact) mass is 308 g/mol. The van der Waals surface area contributed by atoms with E-state index in [1.165, 1.54) is 19.1 Å². The Morgan fingerprint density at radius 1 is 1.29 bits per heavy atom. The number of aryl methyl sites for hydroxylation is 1. The fourth-order valence-electron chi connectivity index (χ4n) is 2.22. The maximum absolute atomic E-state index is 12.6. The number of carbonyl (C=O) groups excluding carboxylic acids is 1. The smallest absolute Gasteiger partial charge is 0.273 e. The van der Waals surface area contributed by atoms with Crippen molar-refractivity contribution in [1.82, 2.24) is 9.84 Å². The number of hydrogen-bond acceptors (Lipinski definition) is 4. The Morgan fingerprint density at radius 2 is 1.95 bits per heavy atom. The molecule has 1 aliphatic rings. The highest BCUT2D eigenvalue weighted by Crippen LogP contribution is 2.17. The Morgan fingerprint density at radius 3 is 2.48 bits per heavy atom. The molecular weight excluding hydrogens is 288 g/mol. The Labute approximate surface area is 125 Å². The van der Waals surface area contributed by atoms with Crippen molar-refractivity contribution in [2.45, 2.75) is 44.0 Å². The number of allylic oxidation sites excluding steroid dienone is 1. The van der Waals surface area contributed by atoms with Gasteiger partial charge in [-0.3, -0.25) is 4.79 Å². The number of nitrogens with zero attached hydrogens (tertiary/aromatic N) is 1. The lowest BCUT2D eigenvalue weighted by atomic mass is 10.0. The van der Waals surface area contributed by atoms with Crippen LogP contribution in [0, 0.1) is 6.92 Å². The second kappa shape index (κ2) is 6.41. The van der Waals surface area contributed by atoms with E-state index in [4.69, 9.17) is 0 Å². The molecule has 0 heterocycles. The van der Waals surface area contributed by atoms with Crippen LogP contribution in [0.4, 0.5) is 0 Å². The first kappa shape index (κ1) is 15.7. The van der Waals surface area contributed by atoms with Gasteiger partial charge in [0.1, 0.15) is 0 Å². The SMILES string of the molecule is CC(=O)N(NC1C=CCCC1)S(=O)(=O)c1ccc(C)cc1. The fourth-order valence-corrected chi connectivity index (χ4v) is 3.52. The van der Waals surface area contributed by atoms with E-state index in [1.54, 1.807) is 12.1 Å². The summed E-state index contributed by atoms with van der Waals surface area (Å²) >= 11 is 0. The lowest BCUT2D eigenvalue weighted by Crippen LogP contribution is -2.50. The quantitative estimate of drug-likeness (QED) is 0.683. The number of carbonyl (C=O) groups is 1. The van der Waals surface area contributed by atoms with Gasteiger partial charge in [-0.2, -0.15) is 12.8 Å². The van der Waals surface area contributed by atoms with Gasteiger partial charge < -0.3 is 0 Å². The zero-order chi connectivity index (χ0) is 15.5. The van der Waals surface area contributed by atoms with Crippen LogP contribution < -0.4 is 5.43 Å². The van der Waals surface area contributed by atoms with Crippen LogP contribution in [0.2, 0.25) is 0 Å². The average molecular weight is 308 g/mol. The predicted octanol–water partition coefficient (Wildman–Crippen LogP) is 2.15. The summed E-state index contributed by atoms with van der Waals surface area (Å²) in [5.41, 5.74) is 3.78. The molecule has 0 radical (unpaired) electrons. The van der Waals surface area contributed by atoms with Crippen LogP contribution >= 0.6 is 0 Å². The highest BCUT2D eigenvalue weighted by Gasteiger charge is 2.28. The number of hydrogen-bond donors (Lipinski definition) is 1. The molecule has 0 saturated heterocycles. The maximum Gasteiger partial charge on any atom is 0.280 e. The molecule has 1 N–H and O–H groups in total. The van der Waals surface area contributed by atoms with Gasteiger partial charge in [0.25, 0.3) is 10.0 Å². The van der Waals surface area contributed by atoms with E-state index in [9.17, 15) is 13.2 Å². The van der Waals surface area contributed by atoms with Crippen molar-refractivity contribution in [2.75, 3.05) is 0 Å². The first-order valence-electron chi connectivity index (χ1n) is 6.96. The number of hydrazine groups is 1. The molecule has 1 unspecified atom stereocenters. The van der Waals surface area contributed by atoms with Crippen LogP contribution in [0.25, 0.3) is 0 Å². The van der Waals surface area contributed by atoms with E-state index >= 15 is 0 Å². The molecule has 1 aliphatic carbocycles. The molecule has 0 aromatic heterocycles. The molecule has 0 aliphatic heterocycles. The van der Waals surface area contributed by atoms with Crippen LogP contribution in [0.15, 0.2) is 41.3 Å². The second-order valence-corrected chi connectivity index (χ2v) is 6.98. The van der Waals surface area contributed by atoms with Gasteiger partial charge in [0, 0.05) is 13.0 Å². The van der Waals surface area contributed by atoms with Crippen LogP contribution in [-0.4, -0.2) is 24.8 Å². The highest BCUT2D eigenvalue weighted by molar-refractivity contribution is 7.89. The predicted molar refractivity (Wildman–Crippen MR) is 80.8 cm³/mol. The van der Waals surface area contributed by atoms with E-state index in [0.717, 1.165) is 29.2 Å². The summed E-state index contributed by atoms with van der Waals surface area (Å²) < 4.78 is 25.9. The number of amides is 1. The molecule has 1 aromatic carbocycles. The molecular formula is C15H20N2O3S. The minimum atomic E-state index is -3.88. The van der Waals surface area contributed by atoms with Crippen LogP contribution in [0.1, 0.15) is 31.7 Å². The topological polar surface area (TPSA) is 66.5 Å². The number of sulfonamides is 1. The van der Waals surface area contributed by atoms with Crippen molar-refractivity contribution in [3.63, 3.8) is 0 Å². The zero-order valence-corrected chi connectivity index (χ0v) is 13.1. The van der Waals surface area contributed by atoms with Gasteiger partial charge in [0.2, 0.25) is 5.91 Å². The fraction of sp³-hybridized carbons (Fsp3) is 0.400.